The second-order valence-electron chi connectivity index (χ2n) is 6.62. The molecule has 0 radical (unpaired) electrons. The van der Waals surface area contributed by atoms with Crippen molar-refractivity contribution in [2.24, 2.45) is 0 Å². The second-order valence-corrected chi connectivity index (χ2v) is 7.48. The molecule has 4 rings (SSSR count). The smallest absolute Gasteiger partial charge is 0.312 e. The van der Waals surface area contributed by atoms with E-state index >= 15 is 0 Å². The van der Waals surface area contributed by atoms with Crippen molar-refractivity contribution in [2.45, 2.75) is 12.8 Å². The summed E-state index contributed by atoms with van der Waals surface area (Å²) in [6, 6.07) is 8.79. The summed E-state index contributed by atoms with van der Waals surface area (Å²) in [4.78, 5) is 46.2. The molecule has 0 unspecified atom stereocenters. The average molecular weight is 407 g/mol. The Morgan fingerprint density at radius 2 is 2.14 bits per heavy atom. The topological polar surface area (TPSA) is 89.5 Å². The van der Waals surface area contributed by atoms with Gasteiger partial charge in [0.25, 0.3) is 0 Å². The molecule has 8 heteroatoms. The first kappa shape index (κ1) is 18.9. The number of pyridine rings is 1. The van der Waals surface area contributed by atoms with Crippen LogP contribution in [0.15, 0.2) is 48.1 Å². The number of benzene rings is 1. The zero-order chi connectivity index (χ0) is 20.4. The molecule has 3 aromatic rings. The minimum Gasteiger partial charge on any atom is -0.457 e. The van der Waals surface area contributed by atoms with Crippen molar-refractivity contribution in [1.82, 2.24) is 9.97 Å². The lowest BCUT2D eigenvalue weighted by molar-refractivity contribution is -0.141. The number of thiazole rings is 1. The van der Waals surface area contributed by atoms with Crippen LogP contribution in [0.25, 0.3) is 10.6 Å². The van der Waals surface area contributed by atoms with Crippen molar-refractivity contribution in [3.05, 3.63) is 64.9 Å². The number of fused-ring (bicyclic) bond motifs is 1. The van der Waals surface area contributed by atoms with Gasteiger partial charge >= 0.3 is 5.97 Å². The Kier molecular flexibility index (Phi) is 5.18. The van der Waals surface area contributed by atoms with Crippen molar-refractivity contribution in [3.63, 3.8) is 0 Å². The number of esters is 1. The first-order chi connectivity index (χ1) is 14.0. The van der Waals surface area contributed by atoms with Crippen LogP contribution >= 0.6 is 11.3 Å². The van der Waals surface area contributed by atoms with Crippen LogP contribution in [0.3, 0.4) is 0 Å². The van der Waals surface area contributed by atoms with Crippen molar-refractivity contribution >= 4 is 34.7 Å². The van der Waals surface area contributed by atoms with Gasteiger partial charge in [0.1, 0.15) is 5.01 Å². The quantitative estimate of drug-likeness (QED) is 0.461. The van der Waals surface area contributed by atoms with E-state index in [2.05, 4.69) is 9.97 Å². The summed E-state index contributed by atoms with van der Waals surface area (Å²) in [5.41, 5.74) is 3.50. The number of carbonyl (C=O) groups excluding carboxylic acids is 3. The summed E-state index contributed by atoms with van der Waals surface area (Å²) in [6.07, 6.45) is 3.66. The van der Waals surface area contributed by atoms with Gasteiger partial charge in [-0.3, -0.25) is 19.4 Å². The molecule has 0 saturated carbocycles. The van der Waals surface area contributed by atoms with Gasteiger partial charge in [0.2, 0.25) is 5.91 Å². The van der Waals surface area contributed by atoms with E-state index in [0.29, 0.717) is 11.3 Å². The van der Waals surface area contributed by atoms with Crippen LogP contribution in [0.2, 0.25) is 0 Å². The minimum absolute atomic E-state index is 0.00642. The molecule has 0 bridgehead atoms. The van der Waals surface area contributed by atoms with Crippen LogP contribution in [0.4, 0.5) is 5.69 Å². The number of likely N-dealkylation sites (N-methyl/N-ethyl adjacent to an activating group) is 1. The van der Waals surface area contributed by atoms with Crippen molar-refractivity contribution < 1.29 is 19.1 Å². The third-order valence-electron chi connectivity index (χ3n) is 4.63. The molecule has 2 aromatic heterocycles. The molecule has 7 nitrogen and oxygen atoms in total. The van der Waals surface area contributed by atoms with Crippen LogP contribution in [0, 0.1) is 0 Å². The number of ether oxygens (including phenoxy) is 1. The van der Waals surface area contributed by atoms with Crippen LogP contribution in [0.1, 0.15) is 21.6 Å². The molecule has 0 aliphatic carbocycles. The molecule has 1 aliphatic rings. The summed E-state index contributed by atoms with van der Waals surface area (Å²) in [6.45, 7) is -0.346. The largest absolute Gasteiger partial charge is 0.457 e. The number of nitrogens with zero attached hydrogens (tertiary/aromatic N) is 3. The van der Waals surface area contributed by atoms with Gasteiger partial charge in [-0.15, -0.1) is 11.3 Å². The summed E-state index contributed by atoms with van der Waals surface area (Å²) in [7, 11) is 1.70. The van der Waals surface area contributed by atoms with Gasteiger partial charge in [0.15, 0.2) is 12.4 Å². The lowest BCUT2D eigenvalue weighted by atomic mass is 10.1. The zero-order valence-corrected chi connectivity index (χ0v) is 16.4. The molecular formula is C21H17N3O4S. The molecule has 1 aliphatic heterocycles. The molecule has 146 valence electrons. The molecule has 0 atom stereocenters. The molecule has 0 saturated heterocycles. The summed E-state index contributed by atoms with van der Waals surface area (Å²) < 4.78 is 5.13. The number of ketones is 1. The van der Waals surface area contributed by atoms with Crippen LogP contribution < -0.4 is 4.90 Å². The van der Waals surface area contributed by atoms with Gasteiger partial charge < -0.3 is 9.64 Å². The number of carbonyl (C=O) groups is 3. The van der Waals surface area contributed by atoms with Crippen LogP contribution in [-0.4, -0.2) is 41.3 Å². The number of amides is 1. The van der Waals surface area contributed by atoms with Crippen LogP contribution in [0.5, 0.6) is 0 Å². The van der Waals surface area contributed by atoms with E-state index in [1.807, 2.05) is 12.1 Å². The Morgan fingerprint density at radius 1 is 1.28 bits per heavy atom. The molecule has 1 amide bonds. The summed E-state index contributed by atoms with van der Waals surface area (Å²) >= 11 is 1.42. The van der Waals surface area contributed by atoms with E-state index in [-0.39, 0.29) is 31.1 Å². The average Bonchev–Trinajstić information content (AvgIpc) is 3.31. The van der Waals surface area contributed by atoms with Gasteiger partial charge in [-0.05, 0) is 35.9 Å². The maximum Gasteiger partial charge on any atom is 0.312 e. The number of hydrogen-bond acceptors (Lipinski definition) is 7. The van der Waals surface area contributed by atoms with E-state index in [1.54, 1.807) is 47.9 Å². The number of anilines is 1. The Bertz CT molecular complexity index is 1090. The standard InChI is InChI=1S/C21H17N3O4S/c1-24-17-5-4-13(7-15(17)8-19(24)26)18(25)11-28-20(27)9-16-12-29-21(23-16)14-3-2-6-22-10-14/h2-7,10,12H,8-9,11H2,1H3. The number of aromatic nitrogens is 2. The highest BCUT2D eigenvalue weighted by Gasteiger charge is 2.25. The lowest BCUT2D eigenvalue weighted by Gasteiger charge is -2.10. The Hall–Kier alpha value is -3.39. The molecule has 1 aromatic carbocycles. The fraction of sp³-hybridized carbons (Fsp3) is 0.190. The number of rotatable bonds is 6. The fourth-order valence-electron chi connectivity index (χ4n) is 3.08. The maximum absolute atomic E-state index is 12.4. The minimum atomic E-state index is -0.516. The molecule has 3 heterocycles. The van der Waals surface area contributed by atoms with Crippen molar-refractivity contribution in [1.29, 1.82) is 0 Å². The van der Waals surface area contributed by atoms with Gasteiger partial charge in [-0.2, -0.15) is 0 Å². The third-order valence-corrected chi connectivity index (χ3v) is 5.57. The van der Waals surface area contributed by atoms with E-state index in [9.17, 15) is 14.4 Å². The van der Waals surface area contributed by atoms with E-state index in [1.165, 1.54) is 11.3 Å². The Labute approximate surface area is 171 Å². The second kappa shape index (κ2) is 7.92. The fourth-order valence-corrected chi connectivity index (χ4v) is 3.89. The normalized spacial score (nSPS) is 12.7. The highest BCUT2D eigenvalue weighted by atomic mass is 32.1. The van der Waals surface area contributed by atoms with E-state index in [0.717, 1.165) is 21.8 Å². The van der Waals surface area contributed by atoms with Gasteiger partial charge in [-0.1, -0.05) is 0 Å². The van der Waals surface area contributed by atoms with E-state index < -0.39 is 5.97 Å². The molecule has 0 fully saturated rings. The molecule has 29 heavy (non-hydrogen) atoms. The zero-order valence-electron chi connectivity index (χ0n) is 15.6. The predicted molar refractivity (Wildman–Crippen MR) is 108 cm³/mol. The first-order valence-corrected chi connectivity index (χ1v) is 9.82. The SMILES string of the molecule is CN1C(=O)Cc2cc(C(=O)COC(=O)Cc3csc(-c4cccnc4)n3)ccc21. The van der Waals surface area contributed by atoms with Crippen molar-refractivity contribution in [3.8, 4) is 10.6 Å². The van der Waals surface area contributed by atoms with Crippen molar-refractivity contribution in [2.75, 3.05) is 18.6 Å². The van der Waals surface area contributed by atoms with Gasteiger partial charge in [-0.25, -0.2) is 4.98 Å². The summed E-state index contributed by atoms with van der Waals surface area (Å²) in [5.74, 6) is -0.833. The van der Waals surface area contributed by atoms with Crippen LogP contribution in [-0.2, 0) is 27.2 Å². The van der Waals surface area contributed by atoms with Gasteiger partial charge in [0, 0.05) is 41.6 Å². The molecule has 0 N–H and O–H groups in total. The van der Waals surface area contributed by atoms with E-state index in [4.69, 9.17) is 4.74 Å². The Morgan fingerprint density at radius 3 is 2.93 bits per heavy atom. The first-order valence-electron chi connectivity index (χ1n) is 8.94. The number of hydrogen-bond donors (Lipinski definition) is 0. The maximum atomic E-state index is 12.4. The Balaban J connectivity index is 1.33. The summed E-state index contributed by atoms with van der Waals surface area (Å²) in [5, 5.41) is 2.56. The third kappa shape index (κ3) is 4.07. The van der Waals surface area contributed by atoms with Gasteiger partial charge in [0.05, 0.1) is 18.5 Å². The molecular weight excluding hydrogens is 390 g/mol. The molecule has 0 spiro atoms. The highest BCUT2D eigenvalue weighted by Crippen LogP contribution is 2.28. The highest BCUT2D eigenvalue weighted by molar-refractivity contribution is 7.13. The lowest BCUT2D eigenvalue weighted by Crippen LogP contribution is -2.20. The number of Topliss-reactive ketones (excluding diaryl/α,β-unsaturated/α-hetero) is 1. The predicted octanol–water partition coefficient (Wildman–Crippen LogP) is 2.69. The monoisotopic (exact) mass is 407 g/mol.